The largest absolute Gasteiger partial charge is 0.313 e. The topological polar surface area (TPSA) is 130 Å². The smallest absolute Gasteiger partial charge is 0.238 e. The Balaban J connectivity index is 1.84. The van der Waals surface area contributed by atoms with E-state index >= 15 is 0 Å². The second-order valence-electron chi connectivity index (χ2n) is 6.99. The summed E-state index contributed by atoms with van der Waals surface area (Å²) in [6.45, 7) is 2.76. The van der Waals surface area contributed by atoms with Gasteiger partial charge in [0.25, 0.3) is 0 Å². The van der Waals surface area contributed by atoms with Crippen molar-refractivity contribution in [2.24, 2.45) is 5.14 Å². The fourth-order valence-electron chi connectivity index (χ4n) is 3.06. The zero-order valence-corrected chi connectivity index (χ0v) is 17.3. The van der Waals surface area contributed by atoms with E-state index in [4.69, 9.17) is 5.14 Å². The highest BCUT2D eigenvalue weighted by Crippen LogP contribution is 2.34. The van der Waals surface area contributed by atoms with Crippen LogP contribution >= 0.6 is 0 Å². The molecule has 9 nitrogen and oxygen atoms in total. The van der Waals surface area contributed by atoms with E-state index in [1.54, 1.807) is 6.07 Å². The minimum absolute atomic E-state index is 0.0389. The number of aromatic amines is 1. The summed E-state index contributed by atoms with van der Waals surface area (Å²) in [6, 6.07) is 12.8. The molecule has 0 fully saturated rings. The van der Waals surface area contributed by atoms with Gasteiger partial charge in [-0.25, -0.2) is 13.6 Å². The lowest BCUT2D eigenvalue weighted by molar-refractivity contribution is 0.394. The first kappa shape index (κ1) is 21.1. The molecule has 3 rings (SSSR count). The zero-order chi connectivity index (χ0) is 20.9. The van der Waals surface area contributed by atoms with Gasteiger partial charge in [0.1, 0.15) is 0 Å². The number of nitrogens with one attached hydrogen (secondary N) is 2. The standard InChI is InChI=1S/C19H25N7O2S/c1-26(2)12-4-11-21-13-14-7-9-15(10-8-14)16-5-3-6-17(29(20,27)28)18(16)19-22-24-25-23-19/h3,5-10,21H,4,11-13H2,1-2H3,(H2,20,27,28)(H,22,23,24,25). The molecule has 1 aromatic heterocycles. The number of aromatic nitrogens is 4. The van der Waals surface area contributed by atoms with Gasteiger partial charge in [-0.1, -0.05) is 36.4 Å². The number of rotatable bonds is 9. The normalized spacial score (nSPS) is 11.9. The number of benzene rings is 2. The average Bonchev–Trinajstić information content (AvgIpc) is 3.21. The Hall–Kier alpha value is -2.66. The number of primary sulfonamides is 1. The fraction of sp³-hybridized carbons (Fsp3) is 0.316. The predicted octanol–water partition coefficient (Wildman–Crippen LogP) is 1.22. The molecule has 0 saturated heterocycles. The van der Waals surface area contributed by atoms with E-state index in [9.17, 15) is 8.42 Å². The lowest BCUT2D eigenvalue weighted by Gasteiger charge is -2.12. The second-order valence-corrected chi connectivity index (χ2v) is 8.52. The van der Waals surface area contributed by atoms with E-state index < -0.39 is 10.0 Å². The molecule has 29 heavy (non-hydrogen) atoms. The summed E-state index contributed by atoms with van der Waals surface area (Å²) in [5.41, 5.74) is 2.98. The van der Waals surface area contributed by atoms with Crippen LogP contribution in [0.1, 0.15) is 12.0 Å². The summed E-state index contributed by atoms with van der Waals surface area (Å²) in [4.78, 5) is 2.12. The molecule has 0 aliphatic heterocycles. The van der Waals surface area contributed by atoms with Crippen LogP contribution in [0.2, 0.25) is 0 Å². The van der Waals surface area contributed by atoms with Gasteiger partial charge in [-0.05, 0) is 61.6 Å². The molecule has 0 amide bonds. The number of tetrazole rings is 1. The van der Waals surface area contributed by atoms with E-state index in [0.717, 1.165) is 37.2 Å². The van der Waals surface area contributed by atoms with Gasteiger partial charge < -0.3 is 10.2 Å². The van der Waals surface area contributed by atoms with Crippen LogP contribution in [0.3, 0.4) is 0 Å². The summed E-state index contributed by atoms with van der Waals surface area (Å²) >= 11 is 0. The van der Waals surface area contributed by atoms with Crippen LogP contribution in [0.25, 0.3) is 22.5 Å². The maximum atomic E-state index is 12.1. The van der Waals surface area contributed by atoms with Crippen molar-refractivity contribution in [3.05, 3.63) is 48.0 Å². The van der Waals surface area contributed by atoms with Crippen molar-refractivity contribution in [3.63, 3.8) is 0 Å². The van der Waals surface area contributed by atoms with Crippen LogP contribution in [-0.4, -0.2) is 61.1 Å². The lowest BCUT2D eigenvalue weighted by Crippen LogP contribution is -2.20. The van der Waals surface area contributed by atoms with E-state index in [-0.39, 0.29) is 10.7 Å². The van der Waals surface area contributed by atoms with E-state index in [0.29, 0.717) is 11.1 Å². The van der Waals surface area contributed by atoms with Crippen LogP contribution < -0.4 is 10.5 Å². The second kappa shape index (κ2) is 9.23. The van der Waals surface area contributed by atoms with Crippen LogP contribution in [0.5, 0.6) is 0 Å². The Labute approximate surface area is 170 Å². The third-order valence-electron chi connectivity index (χ3n) is 4.45. The van der Waals surface area contributed by atoms with Crippen molar-refractivity contribution < 1.29 is 8.42 Å². The maximum absolute atomic E-state index is 12.1. The molecule has 1 heterocycles. The lowest BCUT2D eigenvalue weighted by atomic mass is 9.98. The summed E-state index contributed by atoms with van der Waals surface area (Å²) in [5, 5.41) is 22.6. The fourth-order valence-corrected chi connectivity index (χ4v) is 3.82. The van der Waals surface area contributed by atoms with Crippen molar-refractivity contribution >= 4 is 10.0 Å². The molecule has 0 bridgehead atoms. The quantitative estimate of drug-likeness (QED) is 0.448. The molecule has 2 aromatic carbocycles. The minimum Gasteiger partial charge on any atom is -0.313 e. The van der Waals surface area contributed by atoms with Crippen molar-refractivity contribution in [2.75, 3.05) is 27.2 Å². The van der Waals surface area contributed by atoms with E-state index in [2.05, 4.69) is 44.9 Å². The van der Waals surface area contributed by atoms with Crippen molar-refractivity contribution in [1.29, 1.82) is 0 Å². The molecule has 0 unspecified atom stereocenters. The first-order valence-electron chi connectivity index (χ1n) is 9.20. The van der Waals surface area contributed by atoms with Gasteiger partial charge in [0, 0.05) is 6.54 Å². The molecular formula is C19H25N7O2S. The highest BCUT2D eigenvalue weighted by molar-refractivity contribution is 7.89. The molecular weight excluding hydrogens is 390 g/mol. The van der Waals surface area contributed by atoms with Crippen LogP contribution in [0.15, 0.2) is 47.4 Å². The number of nitrogens with zero attached hydrogens (tertiary/aromatic N) is 4. The average molecular weight is 416 g/mol. The third kappa shape index (κ3) is 5.45. The molecule has 4 N–H and O–H groups in total. The maximum Gasteiger partial charge on any atom is 0.238 e. The van der Waals surface area contributed by atoms with Gasteiger partial charge in [-0.3, -0.25) is 0 Å². The summed E-state index contributed by atoms with van der Waals surface area (Å²) < 4.78 is 24.2. The third-order valence-corrected chi connectivity index (χ3v) is 5.41. The molecule has 0 atom stereocenters. The Morgan fingerprint density at radius 1 is 1.14 bits per heavy atom. The summed E-state index contributed by atoms with van der Waals surface area (Å²) in [7, 11) is 0.167. The van der Waals surface area contributed by atoms with Crippen LogP contribution in [-0.2, 0) is 16.6 Å². The van der Waals surface area contributed by atoms with Gasteiger partial charge in [0.05, 0.1) is 10.5 Å². The highest BCUT2D eigenvalue weighted by Gasteiger charge is 2.22. The first-order chi connectivity index (χ1) is 13.9. The number of hydrogen-bond donors (Lipinski definition) is 3. The van der Waals surface area contributed by atoms with Crippen molar-refractivity contribution in [1.82, 2.24) is 30.8 Å². The number of nitrogens with two attached hydrogens (primary N) is 1. The Kier molecular flexibility index (Phi) is 6.70. The Morgan fingerprint density at radius 2 is 1.90 bits per heavy atom. The van der Waals surface area contributed by atoms with Crippen molar-refractivity contribution in [3.8, 4) is 22.5 Å². The monoisotopic (exact) mass is 415 g/mol. The summed E-state index contributed by atoms with van der Waals surface area (Å²) in [5.74, 6) is 0.177. The van der Waals surface area contributed by atoms with Gasteiger partial charge in [-0.2, -0.15) is 5.21 Å². The van der Waals surface area contributed by atoms with Crippen LogP contribution in [0, 0.1) is 0 Å². The Morgan fingerprint density at radius 3 is 2.52 bits per heavy atom. The molecule has 0 saturated carbocycles. The van der Waals surface area contributed by atoms with Gasteiger partial charge in [0.15, 0.2) is 0 Å². The van der Waals surface area contributed by atoms with Gasteiger partial charge in [-0.15, -0.1) is 10.2 Å². The van der Waals surface area contributed by atoms with Crippen LogP contribution in [0.4, 0.5) is 0 Å². The first-order valence-corrected chi connectivity index (χ1v) is 10.8. The van der Waals surface area contributed by atoms with Gasteiger partial charge in [0.2, 0.25) is 15.8 Å². The van der Waals surface area contributed by atoms with Gasteiger partial charge >= 0.3 is 0 Å². The molecule has 0 aliphatic rings. The number of H-pyrrole nitrogens is 1. The Bertz CT molecular complexity index is 1030. The molecule has 0 aliphatic carbocycles. The highest BCUT2D eigenvalue weighted by atomic mass is 32.2. The predicted molar refractivity (Wildman–Crippen MR) is 111 cm³/mol. The van der Waals surface area contributed by atoms with E-state index in [1.807, 2.05) is 30.3 Å². The molecule has 0 spiro atoms. The summed E-state index contributed by atoms with van der Waals surface area (Å²) in [6.07, 6.45) is 1.08. The molecule has 154 valence electrons. The SMILES string of the molecule is CN(C)CCCNCc1ccc(-c2cccc(S(N)(=O)=O)c2-c2nn[nH]n2)cc1. The molecule has 10 heteroatoms. The minimum atomic E-state index is -3.96. The number of sulfonamides is 1. The van der Waals surface area contributed by atoms with Crippen molar-refractivity contribution in [2.45, 2.75) is 17.9 Å². The van der Waals surface area contributed by atoms with E-state index in [1.165, 1.54) is 6.07 Å². The molecule has 0 radical (unpaired) electrons. The zero-order valence-electron chi connectivity index (χ0n) is 16.5. The molecule has 3 aromatic rings. The number of hydrogen-bond acceptors (Lipinski definition) is 7.